The molecule has 90 valence electrons. The number of carbonyl (C=O) groups is 1. The first-order valence-corrected chi connectivity index (χ1v) is 8.37. The normalized spacial score (nSPS) is 19.3. The summed E-state index contributed by atoms with van der Waals surface area (Å²) >= 11 is 0. The van der Waals surface area contributed by atoms with E-state index in [0.29, 0.717) is 12.4 Å². The van der Waals surface area contributed by atoms with Gasteiger partial charge in [-0.2, -0.15) is 0 Å². The molecule has 0 bridgehead atoms. The topological polar surface area (TPSA) is 35.5 Å². The second-order valence-electron chi connectivity index (χ2n) is 5.43. The van der Waals surface area contributed by atoms with Crippen molar-refractivity contribution in [1.82, 2.24) is 0 Å². The highest BCUT2D eigenvalue weighted by Gasteiger charge is 2.36. The Morgan fingerprint density at radius 3 is 2.44 bits per heavy atom. The largest absolute Gasteiger partial charge is 0.424 e. The van der Waals surface area contributed by atoms with Gasteiger partial charge in [-0.15, -0.1) is 0 Å². The molecule has 0 radical (unpaired) electrons. The van der Waals surface area contributed by atoms with Gasteiger partial charge in [-0.25, -0.2) is 4.79 Å². The van der Waals surface area contributed by atoms with Crippen LogP contribution in [-0.4, -0.2) is 20.9 Å². The molecule has 1 heterocycles. The minimum atomic E-state index is -1.70. The molecule has 1 aliphatic heterocycles. The Labute approximate surface area is 98.3 Å². The minimum absolute atomic E-state index is 0.202. The smallest absolute Gasteiger partial charge is 0.336 e. The molecule has 0 spiro atoms. The van der Waals surface area contributed by atoms with Crippen molar-refractivity contribution in [3.05, 3.63) is 24.0 Å². The summed E-state index contributed by atoms with van der Waals surface area (Å²) in [6.45, 7) is 11.5. The summed E-state index contributed by atoms with van der Waals surface area (Å²) in [5, 5.41) is 0.202. The summed E-state index contributed by atoms with van der Waals surface area (Å²) in [4.78, 5) is 10.8. The lowest BCUT2D eigenvalue weighted by atomic mass is 10.2. The number of hydrogen-bond acceptors (Lipinski definition) is 3. The Kier molecular flexibility index (Phi) is 3.75. The van der Waals surface area contributed by atoms with Crippen molar-refractivity contribution < 1.29 is 14.0 Å². The molecule has 0 amide bonds. The van der Waals surface area contributed by atoms with Crippen molar-refractivity contribution >= 4 is 14.3 Å². The Morgan fingerprint density at radius 1 is 1.38 bits per heavy atom. The van der Waals surface area contributed by atoms with Crippen LogP contribution in [0.3, 0.4) is 0 Å². The standard InChI is InChI=1S/C12H20O3Si/c1-12(2,3)16(4,5)14-9-8-10-6-7-11(13)15-10/h6-8H,9H2,1-5H3/b10-8-. The number of ether oxygens (including phenoxy) is 1. The second-order valence-corrected chi connectivity index (χ2v) is 10.2. The molecule has 1 rings (SSSR count). The molecule has 16 heavy (non-hydrogen) atoms. The van der Waals surface area contributed by atoms with Crippen LogP contribution >= 0.6 is 0 Å². The summed E-state index contributed by atoms with van der Waals surface area (Å²) in [6, 6.07) is 0. The van der Waals surface area contributed by atoms with E-state index >= 15 is 0 Å². The van der Waals surface area contributed by atoms with E-state index in [4.69, 9.17) is 9.16 Å². The third-order valence-corrected chi connectivity index (χ3v) is 7.64. The lowest BCUT2D eigenvalue weighted by Crippen LogP contribution is -2.40. The van der Waals surface area contributed by atoms with Crippen molar-refractivity contribution in [2.24, 2.45) is 0 Å². The van der Waals surface area contributed by atoms with Gasteiger partial charge in [0, 0.05) is 6.08 Å². The average molecular weight is 240 g/mol. The van der Waals surface area contributed by atoms with Gasteiger partial charge in [0.15, 0.2) is 8.32 Å². The van der Waals surface area contributed by atoms with Gasteiger partial charge in [-0.05, 0) is 30.3 Å². The highest BCUT2D eigenvalue weighted by molar-refractivity contribution is 6.74. The molecular weight excluding hydrogens is 220 g/mol. The fourth-order valence-electron chi connectivity index (χ4n) is 0.993. The molecule has 0 N–H and O–H groups in total. The summed E-state index contributed by atoms with van der Waals surface area (Å²) in [6.07, 6.45) is 4.89. The number of esters is 1. The van der Waals surface area contributed by atoms with Crippen LogP contribution in [0.15, 0.2) is 24.0 Å². The predicted octanol–water partition coefficient (Wildman–Crippen LogP) is 3.01. The number of rotatable bonds is 3. The van der Waals surface area contributed by atoms with Crippen molar-refractivity contribution in [2.75, 3.05) is 6.61 Å². The molecule has 3 nitrogen and oxygen atoms in total. The summed E-state index contributed by atoms with van der Waals surface area (Å²) in [5.74, 6) is 0.280. The Bertz CT molecular complexity index is 335. The zero-order valence-corrected chi connectivity index (χ0v) is 11.7. The Morgan fingerprint density at radius 2 is 2.00 bits per heavy atom. The highest BCUT2D eigenvalue weighted by atomic mass is 28.4. The van der Waals surface area contributed by atoms with Crippen LogP contribution in [0.5, 0.6) is 0 Å². The SMILES string of the molecule is CC(C)(C)[Si](C)(C)OC/C=C1/C=CC(=O)O1. The molecule has 0 aromatic rings. The van der Waals surface area contributed by atoms with E-state index < -0.39 is 8.32 Å². The zero-order chi connectivity index (χ0) is 12.4. The Hall–Kier alpha value is -0.873. The first kappa shape index (κ1) is 13.2. The zero-order valence-electron chi connectivity index (χ0n) is 10.7. The van der Waals surface area contributed by atoms with Crippen LogP contribution in [0.4, 0.5) is 0 Å². The van der Waals surface area contributed by atoms with Gasteiger partial charge in [-0.1, -0.05) is 20.8 Å². The predicted molar refractivity (Wildman–Crippen MR) is 66.5 cm³/mol. The highest BCUT2D eigenvalue weighted by Crippen LogP contribution is 2.36. The van der Waals surface area contributed by atoms with Crippen molar-refractivity contribution in [3.8, 4) is 0 Å². The van der Waals surface area contributed by atoms with E-state index in [-0.39, 0.29) is 11.0 Å². The minimum Gasteiger partial charge on any atom is -0.424 e. The van der Waals surface area contributed by atoms with Crippen LogP contribution in [0, 0.1) is 0 Å². The van der Waals surface area contributed by atoms with E-state index in [1.165, 1.54) is 6.08 Å². The second kappa shape index (κ2) is 4.55. The van der Waals surface area contributed by atoms with E-state index in [1.807, 2.05) is 6.08 Å². The average Bonchev–Trinajstić information content (AvgIpc) is 2.49. The molecule has 0 aliphatic carbocycles. The van der Waals surface area contributed by atoms with Gasteiger partial charge in [-0.3, -0.25) is 0 Å². The van der Waals surface area contributed by atoms with Gasteiger partial charge in [0.25, 0.3) is 0 Å². The quantitative estimate of drug-likeness (QED) is 0.562. The lowest BCUT2D eigenvalue weighted by Gasteiger charge is -2.35. The summed E-state index contributed by atoms with van der Waals surface area (Å²) < 4.78 is 10.8. The molecule has 0 unspecified atom stereocenters. The van der Waals surface area contributed by atoms with Crippen molar-refractivity contribution in [2.45, 2.75) is 38.9 Å². The van der Waals surface area contributed by atoms with E-state index in [0.717, 1.165) is 0 Å². The van der Waals surface area contributed by atoms with Crippen LogP contribution < -0.4 is 0 Å². The van der Waals surface area contributed by atoms with Gasteiger partial charge in [0.2, 0.25) is 0 Å². The first-order valence-electron chi connectivity index (χ1n) is 5.46. The molecule has 0 saturated heterocycles. The van der Waals surface area contributed by atoms with Crippen molar-refractivity contribution in [3.63, 3.8) is 0 Å². The van der Waals surface area contributed by atoms with Crippen molar-refractivity contribution in [1.29, 1.82) is 0 Å². The lowest BCUT2D eigenvalue weighted by molar-refractivity contribution is -0.132. The number of carbonyl (C=O) groups excluding carboxylic acids is 1. The maximum absolute atomic E-state index is 10.8. The molecule has 0 aromatic carbocycles. The van der Waals surface area contributed by atoms with Gasteiger partial charge in [0.05, 0.1) is 6.61 Å². The van der Waals surface area contributed by atoms with Gasteiger partial charge in [0.1, 0.15) is 5.76 Å². The number of allylic oxidation sites excluding steroid dienone is 1. The monoisotopic (exact) mass is 240 g/mol. The molecule has 0 aromatic heterocycles. The molecule has 0 atom stereocenters. The summed E-state index contributed by atoms with van der Waals surface area (Å²) in [5.41, 5.74) is 0. The molecular formula is C12H20O3Si. The van der Waals surface area contributed by atoms with Gasteiger partial charge >= 0.3 is 5.97 Å². The molecule has 4 heteroatoms. The van der Waals surface area contributed by atoms with Crippen LogP contribution in [0.1, 0.15) is 20.8 Å². The molecule has 0 saturated carbocycles. The van der Waals surface area contributed by atoms with E-state index in [2.05, 4.69) is 33.9 Å². The van der Waals surface area contributed by atoms with E-state index in [9.17, 15) is 4.79 Å². The van der Waals surface area contributed by atoms with Gasteiger partial charge < -0.3 is 9.16 Å². The van der Waals surface area contributed by atoms with Crippen LogP contribution in [0.2, 0.25) is 18.1 Å². The maximum atomic E-state index is 10.8. The number of hydrogen-bond donors (Lipinski definition) is 0. The third-order valence-electron chi connectivity index (χ3n) is 3.14. The maximum Gasteiger partial charge on any atom is 0.336 e. The fraction of sp³-hybridized carbons (Fsp3) is 0.583. The third kappa shape index (κ3) is 3.32. The van der Waals surface area contributed by atoms with Crippen LogP contribution in [-0.2, 0) is 14.0 Å². The number of cyclic esters (lactones) is 1. The fourth-order valence-corrected chi connectivity index (χ4v) is 1.93. The van der Waals surface area contributed by atoms with Crippen LogP contribution in [0.25, 0.3) is 0 Å². The molecule has 0 fully saturated rings. The molecule has 1 aliphatic rings. The first-order chi connectivity index (χ1) is 7.22. The van der Waals surface area contributed by atoms with E-state index in [1.54, 1.807) is 6.08 Å². The summed E-state index contributed by atoms with van der Waals surface area (Å²) in [7, 11) is -1.70. The Balaban J connectivity index is 2.47.